The zero-order chi connectivity index (χ0) is 25.6. The maximum atomic E-state index is 13.4. The summed E-state index contributed by atoms with van der Waals surface area (Å²) in [7, 11) is 1.58. The molecule has 2 unspecified atom stereocenters. The van der Waals surface area contributed by atoms with Crippen molar-refractivity contribution in [2.24, 2.45) is 56.7 Å². The Bertz CT molecular complexity index is 898. The van der Waals surface area contributed by atoms with Crippen LogP contribution in [0.3, 0.4) is 0 Å². The van der Waals surface area contributed by atoms with Crippen LogP contribution in [0.4, 0.5) is 0 Å². The van der Waals surface area contributed by atoms with E-state index in [1.54, 1.807) is 7.11 Å². The van der Waals surface area contributed by atoms with Crippen LogP contribution in [0.25, 0.3) is 0 Å². The third-order valence-corrected chi connectivity index (χ3v) is 13.8. The highest BCUT2D eigenvalue weighted by molar-refractivity contribution is 5.78. The molecule has 0 aromatic heterocycles. The lowest BCUT2D eigenvalue weighted by Gasteiger charge is -2.72. The first-order valence-corrected chi connectivity index (χ1v) is 14.4. The summed E-state index contributed by atoms with van der Waals surface area (Å²) in [6.07, 6.45) is 10.1. The molecule has 0 radical (unpaired) electrons. The van der Waals surface area contributed by atoms with Crippen LogP contribution in [0.15, 0.2) is 12.2 Å². The molecule has 0 saturated heterocycles. The van der Waals surface area contributed by atoms with Gasteiger partial charge in [-0.3, -0.25) is 4.79 Å². The molecular formula is C31H50O4. The number of ether oxygens (including phenoxy) is 1. The molecule has 5 saturated carbocycles. The molecule has 4 heteroatoms. The molecule has 198 valence electrons. The number of allylic oxidation sites excluding steroid dienone is 1. The predicted molar refractivity (Wildman–Crippen MR) is 138 cm³/mol. The molecule has 4 nitrogen and oxygen atoms in total. The normalized spacial score (nSPS) is 55.2. The van der Waals surface area contributed by atoms with Gasteiger partial charge in [-0.2, -0.15) is 0 Å². The second-order valence-electron chi connectivity index (χ2n) is 14.6. The van der Waals surface area contributed by atoms with Gasteiger partial charge in [0.15, 0.2) is 0 Å². The minimum absolute atomic E-state index is 0.0243. The minimum atomic E-state index is -0.410. The SMILES string of the molecule is C=C(C)[C@@H]1CC[C@]2(C(=O)OC)CC[C@]3(C)C(CC[C@@H]4[C@@]5(C)CCC(O)[C@@](C)(CO)[C@@H]5CC[C@]43C)[C@@H]12. The second kappa shape index (κ2) is 8.06. The fourth-order valence-electron chi connectivity index (χ4n) is 11.7. The summed E-state index contributed by atoms with van der Waals surface area (Å²) >= 11 is 0. The molecule has 0 aromatic rings. The lowest BCUT2D eigenvalue weighted by atomic mass is 9.32. The molecule has 0 spiro atoms. The Morgan fingerprint density at radius 1 is 0.914 bits per heavy atom. The monoisotopic (exact) mass is 486 g/mol. The fourth-order valence-corrected chi connectivity index (χ4v) is 11.7. The summed E-state index contributed by atoms with van der Waals surface area (Å²) in [6, 6.07) is 0. The Morgan fingerprint density at radius 2 is 1.63 bits per heavy atom. The van der Waals surface area contributed by atoms with Gasteiger partial charge in [-0.15, -0.1) is 0 Å². The second-order valence-corrected chi connectivity index (χ2v) is 14.6. The molecular weight excluding hydrogens is 436 g/mol. The largest absolute Gasteiger partial charge is 0.469 e. The standard InChI is InChI=1S/C31H50O4/c1-19(2)20-10-15-31(26(34)35-7)17-16-29(5)21(25(20)31)8-9-23-27(3)13-12-24(33)28(4,18-32)22(27)11-14-30(23,29)6/h20-25,32-33H,1,8-18H2,2-7H3/t20-,21?,22+,23+,24?,25+,27-,28-,29+,30+,31-/m0/s1. The summed E-state index contributed by atoms with van der Waals surface area (Å²) in [5.74, 6) is 2.23. The molecule has 5 rings (SSSR count). The van der Waals surface area contributed by atoms with Crippen molar-refractivity contribution in [2.75, 3.05) is 13.7 Å². The Labute approximate surface area is 213 Å². The molecule has 5 fully saturated rings. The van der Waals surface area contributed by atoms with Crippen molar-refractivity contribution < 1.29 is 19.7 Å². The first-order chi connectivity index (χ1) is 16.4. The van der Waals surface area contributed by atoms with Crippen LogP contribution in [-0.4, -0.2) is 36.0 Å². The van der Waals surface area contributed by atoms with Gasteiger partial charge in [0.05, 0.1) is 25.2 Å². The van der Waals surface area contributed by atoms with Gasteiger partial charge in [0.25, 0.3) is 0 Å². The van der Waals surface area contributed by atoms with Crippen LogP contribution in [0.5, 0.6) is 0 Å². The average molecular weight is 487 g/mol. The minimum Gasteiger partial charge on any atom is -0.469 e. The van der Waals surface area contributed by atoms with Gasteiger partial charge in [-0.05, 0) is 117 Å². The van der Waals surface area contributed by atoms with Crippen molar-refractivity contribution >= 4 is 5.97 Å². The molecule has 0 amide bonds. The number of hydrogen-bond acceptors (Lipinski definition) is 4. The summed E-state index contributed by atoms with van der Waals surface area (Å²) in [5.41, 5.74) is 1.01. The van der Waals surface area contributed by atoms with Gasteiger partial charge in [-0.1, -0.05) is 39.8 Å². The molecule has 5 aliphatic carbocycles. The Hall–Kier alpha value is -0.870. The third-order valence-electron chi connectivity index (χ3n) is 13.8. The van der Waals surface area contributed by atoms with Crippen molar-refractivity contribution in [3.8, 4) is 0 Å². The number of carbonyl (C=O) groups excluding carboxylic acids is 1. The van der Waals surface area contributed by atoms with Gasteiger partial charge in [-0.25, -0.2) is 0 Å². The Morgan fingerprint density at radius 3 is 2.26 bits per heavy atom. The van der Waals surface area contributed by atoms with E-state index >= 15 is 0 Å². The van der Waals surface area contributed by atoms with Gasteiger partial charge >= 0.3 is 5.97 Å². The number of aliphatic hydroxyl groups is 2. The highest BCUT2D eigenvalue weighted by atomic mass is 16.5. The topological polar surface area (TPSA) is 66.8 Å². The van der Waals surface area contributed by atoms with E-state index in [9.17, 15) is 15.0 Å². The molecule has 0 heterocycles. The maximum Gasteiger partial charge on any atom is 0.312 e. The number of rotatable bonds is 3. The molecule has 0 aliphatic heterocycles. The van der Waals surface area contributed by atoms with E-state index in [-0.39, 0.29) is 34.2 Å². The number of carbonyl (C=O) groups is 1. The molecule has 11 atom stereocenters. The number of esters is 1. The van der Waals surface area contributed by atoms with E-state index in [1.807, 2.05) is 0 Å². The van der Waals surface area contributed by atoms with Crippen LogP contribution >= 0.6 is 0 Å². The molecule has 0 bridgehead atoms. The van der Waals surface area contributed by atoms with Gasteiger partial charge < -0.3 is 14.9 Å². The van der Waals surface area contributed by atoms with Crippen molar-refractivity contribution in [1.29, 1.82) is 0 Å². The van der Waals surface area contributed by atoms with Crippen LogP contribution in [0.1, 0.15) is 98.8 Å². The van der Waals surface area contributed by atoms with Crippen molar-refractivity contribution in [2.45, 2.75) is 105 Å². The first kappa shape index (κ1) is 25.8. The first-order valence-electron chi connectivity index (χ1n) is 14.4. The van der Waals surface area contributed by atoms with Crippen LogP contribution in [0, 0.1) is 56.7 Å². The lowest BCUT2D eigenvalue weighted by molar-refractivity contribution is -0.254. The third kappa shape index (κ3) is 3.02. The average Bonchev–Trinajstić information content (AvgIpc) is 3.23. The van der Waals surface area contributed by atoms with E-state index in [2.05, 4.69) is 41.2 Å². The molecule has 0 aromatic carbocycles. The Kier molecular flexibility index (Phi) is 5.94. The lowest BCUT2D eigenvalue weighted by Crippen LogP contribution is -2.67. The van der Waals surface area contributed by atoms with Gasteiger partial charge in [0.2, 0.25) is 0 Å². The Balaban J connectivity index is 1.56. The smallest absolute Gasteiger partial charge is 0.312 e. The summed E-state index contributed by atoms with van der Waals surface area (Å²) in [4.78, 5) is 13.4. The summed E-state index contributed by atoms with van der Waals surface area (Å²) < 4.78 is 5.48. The zero-order valence-electron chi connectivity index (χ0n) is 23.2. The van der Waals surface area contributed by atoms with E-state index in [0.29, 0.717) is 29.6 Å². The van der Waals surface area contributed by atoms with E-state index in [4.69, 9.17) is 4.74 Å². The maximum absolute atomic E-state index is 13.4. The van der Waals surface area contributed by atoms with Crippen molar-refractivity contribution in [3.63, 3.8) is 0 Å². The van der Waals surface area contributed by atoms with E-state index < -0.39 is 11.5 Å². The number of methoxy groups -OCH3 is 1. The molecule has 35 heavy (non-hydrogen) atoms. The van der Waals surface area contributed by atoms with Crippen LogP contribution in [-0.2, 0) is 9.53 Å². The van der Waals surface area contributed by atoms with E-state index in [1.165, 1.54) is 18.4 Å². The number of hydrogen-bond donors (Lipinski definition) is 2. The number of fused-ring (bicyclic) bond motifs is 7. The van der Waals surface area contributed by atoms with E-state index in [0.717, 1.165) is 51.4 Å². The van der Waals surface area contributed by atoms with Gasteiger partial charge in [0.1, 0.15) is 0 Å². The molecule has 5 aliphatic rings. The quantitative estimate of drug-likeness (QED) is 0.371. The highest BCUT2D eigenvalue weighted by Crippen LogP contribution is 2.77. The summed E-state index contributed by atoms with van der Waals surface area (Å²) in [5, 5.41) is 21.4. The fraction of sp³-hybridized carbons (Fsp3) is 0.903. The number of aliphatic hydroxyl groups excluding tert-OH is 2. The summed E-state index contributed by atoms with van der Waals surface area (Å²) in [6.45, 7) is 16.4. The predicted octanol–water partition coefficient (Wildman–Crippen LogP) is 6.15. The van der Waals surface area contributed by atoms with Crippen LogP contribution < -0.4 is 0 Å². The van der Waals surface area contributed by atoms with Crippen LogP contribution in [0.2, 0.25) is 0 Å². The van der Waals surface area contributed by atoms with Crippen molar-refractivity contribution in [1.82, 2.24) is 0 Å². The molecule has 2 N–H and O–H groups in total. The highest BCUT2D eigenvalue weighted by Gasteiger charge is 2.72. The zero-order valence-corrected chi connectivity index (χ0v) is 23.2. The van der Waals surface area contributed by atoms with Crippen molar-refractivity contribution in [3.05, 3.63) is 12.2 Å². The van der Waals surface area contributed by atoms with Gasteiger partial charge in [0, 0.05) is 5.41 Å².